The van der Waals surface area contributed by atoms with Gasteiger partial charge in [-0.3, -0.25) is 38.4 Å². The zero-order valence-electron chi connectivity index (χ0n) is 21.5. The highest BCUT2D eigenvalue weighted by molar-refractivity contribution is 5.97. The van der Waals surface area contributed by atoms with Crippen molar-refractivity contribution >= 4 is 53.4 Å². The van der Waals surface area contributed by atoms with Gasteiger partial charge in [0.2, 0.25) is 35.4 Å². The maximum atomic E-state index is 12.8. The molecule has 14 N–H and O–H groups in total. The van der Waals surface area contributed by atoms with Crippen LogP contribution in [-0.4, -0.2) is 111 Å². The number of aliphatic hydroxyl groups is 1. The van der Waals surface area contributed by atoms with E-state index >= 15 is 0 Å². The first-order chi connectivity index (χ1) is 19.0. The van der Waals surface area contributed by atoms with Crippen LogP contribution in [0.4, 0.5) is 0 Å². The maximum absolute atomic E-state index is 12.8. The number of carboxylic acid groups (broad SMARTS) is 3. The Morgan fingerprint density at radius 2 is 0.951 bits per heavy atom. The van der Waals surface area contributed by atoms with Crippen molar-refractivity contribution in [2.24, 2.45) is 17.2 Å². The van der Waals surface area contributed by atoms with Crippen molar-refractivity contribution in [1.29, 1.82) is 0 Å². The normalized spacial score (nSPS) is 14.2. The number of rotatable bonds is 20. The molecule has 20 heteroatoms. The summed E-state index contributed by atoms with van der Waals surface area (Å²) < 4.78 is 0. The van der Waals surface area contributed by atoms with Gasteiger partial charge < -0.3 is 58.9 Å². The first kappa shape index (κ1) is 36.1. The van der Waals surface area contributed by atoms with Crippen LogP contribution in [0.1, 0.15) is 38.5 Å². The Bertz CT molecular complexity index is 1040. The summed E-state index contributed by atoms with van der Waals surface area (Å²) in [6.07, 6.45) is -3.65. The van der Waals surface area contributed by atoms with Crippen molar-refractivity contribution in [2.75, 3.05) is 6.61 Å². The Balaban J connectivity index is 5.69. The topological polar surface area (TPSA) is 361 Å². The number of hydrogen-bond donors (Lipinski definition) is 11. The molecule has 0 saturated heterocycles. The minimum absolute atomic E-state index is 0.408. The fourth-order valence-electron chi connectivity index (χ4n) is 3.05. The minimum Gasteiger partial charge on any atom is -0.481 e. The molecule has 0 fully saturated rings. The predicted molar refractivity (Wildman–Crippen MR) is 132 cm³/mol. The molecule has 0 unspecified atom stereocenters. The molecule has 0 spiro atoms. The number of nitrogens with one attached hydrogen (secondary N) is 4. The second-order valence-electron chi connectivity index (χ2n) is 8.58. The Kier molecular flexibility index (Phi) is 15.6. The molecule has 0 bridgehead atoms. The van der Waals surface area contributed by atoms with E-state index in [1.165, 1.54) is 0 Å². The summed E-state index contributed by atoms with van der Waals surface area (Å²) in [6, 6.07) is -8.66. The average molecular weight is 592 g/mol. The van der Waals surface area contributed by atoms with Crippen molar-refractivity contribution in [1.82, 2.24) is 21.3 Å². The number of primary amides is 2. The van der Waals surface area contributed by atoms with E-state index in [1.54, 1.807) is 0 Å². The molecule has 230 valence electrons. The van der Waals surface area contributed by atoms with E-state index in [4.69, 9.17) is 27.4 Å². The fourth-order valence-corrected chi connectivity index (χ4v) is 3.05. The lowest BCUT2D eigenvalue weighted by atomic mass is 10.1. The number of amides is 6. The van der Waals surface area contributed by atoms with Crippen molar-refractivity contribution in [3.8, 4) is 0 Å². The van der Waals surface area contributed by atoms with Crippen molar-refractivity contribution in [2.45, 2.75) is 68.7 Å². The van der Waals surface area contributed by atoms with E-state index in [2.05, 4.69) is 10.6 Å². The maximum Gasteiger partial charge on any atom is 0.326 e. The van der Waals surface area contributed by atoms with Crippen molar-refractivity contribution in [3.05, 3.63) is 0 Å². The van der Waals surface area contributed by atoms with Crippen LogP contribution < -0.4 is 38.5 Å². The molecule has 6 amide bonds. The van der Waals surface area contributed by atoms with E-state index in [0.29, 0.717) is 0 Å². The van der Waals surface area contributed by atoms with Crippen LogP contribution >= 0.6 is 0 Å². The summed E-state index contributed by atoms with van der Waals surface area (Å²) in [6.45, 7) is -1.12. The first-order valence-corrected chi connectivity index (χ1v) is 11.8. The third-order valence-corrected chi connectivity index (χ3v) is 5.16. The third-order valence-electron chi connectivity index (χ3n) is 5.16. The summed E-state index contributed by atoms with van der Waals surface area (Å²) in [5.74, 6) is -11.3. The number of aliphatic hydroxyl groups excluding tert-OH is 1. The molecule has 0 aromatic carbocycles. The molecule has 20 nitrogen and oxygen atoms in total. The van der Waals surface area contributed by atoms with Crippen LogP contribution in [0.5, 0.6) is 0 Å². The van der Waals surface area contributed by atoms with Gasteiger partial charge in [-0.1, -0.05) is 0 Å². The van der Waals surface area contributed by atoms with Gasteiger partial charge in [-0.05, 0) is 12.8 Å². The number of nitrogens with two attached hydrogens (primary N) is 3. The fraction of sp³-hybridized carbons (Fsp3) is 0.571. The molecular formula is C21H33N7O13. The molecule has 0 aromatic rings. The highest BCUT2D eigenvalue weighted by Gasteiger charge is 2.32. The standard InChI is InChI=1S/C21H33N7O13/c22-8(5-15(32)33)17(36)27-11(6-16(34)35)19(38)28-12(7-29)20(39)25-9(1-3-13(23)30)18(37)26-10(21(40)41)2-4-14(24)31/h8-12,29H,1-7,22H2,(H2,23,30)(H2,24,31)(H,25,39)(H,26,37)(H,27,36)(H,28,38)(H,32,33)(H,34,35)(H,40,41)/t8-,9-,10-,11-,12-/m0/s1. The molecular weight excluding hydrogens is 558 g/mol. The van der Waals surface area contributed by atoms with Gasteiger partial charge in [0.05, 0.1) is 25.5 Å². The summed E-state index contributed by atoms with van der Waals surface area (Å²) in [7, 11) is 0. The molecule has 0 aliphatic carbocycles. The molecule has 0 aliphatic rings. The van der Waals surface area contributed by atoms with E-state index in [9.17, 15) is 53.4 Å². The van der Waals surface area contributed by atoms with Crippen molar-refractivity contribution in [3.63, 3.8) is 0 Å². The molecule has 0 heterocycles. The minimum atomic E-state index is -1.88. The van der Waals surface area contributed by atoms with Crippen LogP contribution in [0.2, 0.25) is 0 Å². The van der Waals surface area contributed by atoms with Gasteiger partial charge in [-0.2, -0.15) is 0 Å². The van der Waals surface area contributed by atoms with E-state index in [-0.39, 0.29) is 0 Å². The van der Waals surface area contributed by atoms with Crippen LogP contribution in [0, 0.1) is 0 Å². The van der Waals surface area contributed by atoms with Crippen LogP contribution in [0.15, 0.2) is 0 Å². The Hall–Kier alpha value is -4.85. The average Bonchev–Trinajstić information content (AvgIpc) is 2.85. The number of carbonyl (C=O) groups excluding carboxylic acids is 6. The smallest absolute Gasteiger partial charge is 0.326 e. The molecule has 5 atom stereocenters. The second-order valence-corrected chi connectivity index (χ2v) is 8.58. The monoisotopic (exact) mass is 591 g/mol. The lowest BCUT2D eigenvalue weighted by Gasteiger charge is -2.25. The van der Waals surface area contributed by atoms with Gasteiger partial charge in [-0.15, -0.1) is 0 Å². The molecule has 0 aliphatic heterocycles. The number of aliphatic carboxylic acids is 3. The zero-order valence-corrected chi connectivity index (χ0v) is 21.5. The Labute approximate surface area is 231 Å². The lowest BCUT2D eigenvalue weighted by Crippen LogP contribution is -2.59. The van der Waals surface area contributed by atoms with Gasteiger partial charge in [0.1, 0.15) is 24.2 Å². The van der Waals surface area contributed by atoms with Gasteiger partial charge in [0, 0.05) is 12.8 Å². The molecule has 0 radical (unpaired) electrons. The number of carboxylic acids is 3. The molecule has 0 aromatic heterocycles. The predicted octanol–water partition coefficient (Wildman–Crippen LogP) is -6.19. The van der Waals surface area contributed by atoms with Crippen molar-refractivity contribution < 1.29 is 63.6 Å². The van der Waals surface area contributed by atoms with Gasteiger partial charge >= 0.3 is 17.9 Å². The first-order valence-electron chi connectivity index (χ1n) is 11.8. The number of carbonyl (C=O) groups is 9. The van der Waals surface area contributed by atoms with Gasteiger partial charge in [0.15, 0.2) is 0 Å². The Morgan fingerprint density at radius 1 is 0.561 bits per heavy atom. The van der Waals surface area contributed by atoms with E-state index in [0.717, 1.165) is 0 Å². The van der Waals surface area contributed by atoms with Gasteiger partial charge in [-0.25, -0.2) is 4.79 Å². The lowest BCUT2D eigenvalue weighted by molar-refractivity contribution is -0.143. The molecule has 0 rings (SSSR count). The van der Waals surface area contributed by atoms with E-state index in [1.807, 2.05) is 10.6 Å². The Morgan fingerprint density at radius 3 is 1.39 bits per heavy atom. The summed E-state index contributed by atoms with van der Waals surface area (Å²) in [5.41, 5.74) is 15.4. The quantitative estimate of drug-likeness (QED) is 0.0627. The largest absolute Gasteiger partial charge is 0.481 e. The molecule has 41 heavy (non-hydrogen) atoms. The summed E-state index contributed by atoms with van der Waals surface area (Å²) in [4.78, 5) is 106. The second kappa shape index (κ2) is 17.7. The van der Waals surface area contributed by atoms with Crippen LogP contribution in [0.25, 0.3) is 0 Å². The van der Waals surface area contributed by atoms with Gasteiger partial charge in [0.25, 0.3) is 0 Å². The summed E-state index contributed by atoms with van der Waals surface area (Å²) in [5, 5.41) is 44.7. The third kappa shape index (κ3) is 14.8. The van der Waals surface area contributed by atoms with E-state index < -0.39 is 129 Å². The molecule has 0 saturated carbocycles. The van der Waals surface area contributed by atoms with Crippen LogP contribution in [-0.2, 0) is 43.2 Å². The summed E-state index contributed by atoms with van der Waals surface area (Å²) >= 11 is 0. The highest BCUT2D eigenvalue weighted by Crippen LogP contribution is 2.04. The highest BCUT2D eigenvalue weighted by atomic mass is 16.4. The van der Waals surface area contributed by atoms with Crippen LogP contribution in [0.3, 0.4) is 0 Å². The zero-order chi connectivity index (χ0) is 31.9. The SMILES string of the molecule is NC(=O)CC[C@H](NC(=O)[C@H](CCC(N)=O)NC(=O)[C@H](CO)NC(=O)[C@H](CC(=O)O)NC(=O)[C@@H](N)CC(=O)O)C(=O)O. The number of hydrogen-bond acceptors (Lipinski definition) is 11.